The fourth-order valence-corrected chi connectivity index (χ4v) is 3.13. The van der Waals surface area contributed by atoms with Gasteiger partial charge in [0.15, 0.2) is 18.0 Å². The molecule has 2 aromatic carbocycles. The van der Waals surface area contributed by atoms with Crippen LogP contribution in [-0.2, 0) is 4.79 Å². The van der Waals surface area contributed by atoms with Gasteiger partial charge in [-0.05, 0) is 39.0 Å². The molecule has 0 aliphatic heterocycles. The Balaban J connectivity index is 2.02. The highest BCUT2D eigenvalue weighted by molar-refractivity contribution is 6.31. The molecule has 0 saturated carbocycles. The van der Waals surface area contributed by atoms with Crippen LogP contribution in [0.1, 0.15) is 32.4 Å². The number of ether oxygens (including phenoxy) is 2. The molecule has 0 radical (unpaired) electrons. The molecule has 2 rings (SSSR count). The standard InChI is InChI=1S/C21H27ClN2O3/c1-5-26-19-12-11-16(13-20(19)27-6-2)23-21(25)14-24(4)15(3)17-9-7-8-10-18(17)22/h7-13,15H,5-6,14H2,1-4H3,(H,23,25)/p+1/t15-/m0/s1. The minimum Gasteiger partial charge on any atom is -0.490 e. The number of anilines is 1. The van der Waals surface area contributed by atoms with Gasteiger partial charge in [0, 0.05) is 22.3 Å². The summed E-state index contributed by atoms with van der Waals surface area (Å²) in [5.41, 5.74) is 1.72. The average molecular weight is 392 g/mol. The molecule has 2 aromatic rings. The van der Waals surface area contributed by atoms with E-state index in [1.54, 1.807) is 6.07 Å². The van der Waals surface area contributed by atoms with Crippen molar-refractivity contribution < 1.29 is 19.2 Å². The lowest BCUT2D eigenvalue weighted by molar-refractivity contribution is -0.902. The number of quaternary nitrogens is 1. The van der Waals surface area contributed by atoms with Gasteiger partial charge in [0.05, 0.1) is 20.3 Å². The molecule has 5 nitrogen and oxygen atoms in total. The Morgan fingerprint density at radius 2 is 1.78 bits per heavy atom. The maximum Gasteiger partial charge on any atom is 0.279 e. The zero-order valence-electron chi connectivity index (χ0n) is 16.3. The first-order chi connectivity index (χ1) is 13.0. The first-order valence-corrected chi connectivity index (χ1v) is 9.60. The zero-order valence-corrected chi connectivity index (χ0v) is 17.1. The van der Waals surface area contributed by atoms with Crippen molar-refractivity contribution in [3.05, 3.63) is 53.1 Å². The van der Waals surface area contributed by atoms with Gasteiger partial charge in [-0.1, -0.05) is 29.8 Å². The minimum atomic E-state index is -0.0713. The molecule has 146 valence electrons. The average Bonchev–Trinajstić information content (AvgIpc) is 2.64. The number of amides is 1. The van der Waals surface area contributed by atoms with Gasteiger partial charge < -0.3 is 19.7 Å². The van der Waals surface area contributed by atoms with E-state index in [2.05, 4.69) is 12.2 Å². The maximum atomic E-state index is 12.5. The predicted octanol–water partition coefficient (Wildman–Crippen LogP) is 3.35. The molecule has 0 fully saturated rings. The molecular weight excluding hydrogens is 364 g/mol. The highest BCUT2D eigenvalue weighted by Gasteiger charge is 2.21. The van der Waals surface area contributed by atoms with E-state index < -0.39 is 0 Å². The molecule has 1 unspecified atom stereocenters. The topological polar surface area (TPSA) is 52.0 Å². The van der Waals surface area contributed by atoms with E-state index >= 15 is 0 Å². The van der Waals surface area contributed by atoms with Gasteiger partial charge in [-0.2, -0.15) is 0 Å². The Bertz CT molecular complexity index is 767. The molecule has 0 aromatic heterocycles. The van der Waals surface area contributed by atoms with Gasteiger partial charge in [-0.25, -0.2) is 0 Å². The molecule has 1 amide bonds. The fraction of sp³-hybridized carbons (Fsp3) is 0.381. The third-order valence-corrected chi connectivity index (χ3v) is 4.72. The number of benzene rings is 2. The fourth-order valence-electron chi connectivity index (χ4n) is 2.83. The van der Waals surface area contributed by atoms with Gasteiger partial charge >= 0.3 is 0 Å². The molecule has 0 aliphatic rings. The van der Waals surface area contributed by atoms with Crippen LogP contribution in [0.15, 0.2) is 42.5 Å². The van der Waals surface area contributed by atoms with Crippen LogP contribution >= 0.6 is 11.6 Å². The van der Waals surface area contributed by atoms with Gasteiger partial charge in [0.2, 0.25) is 0 Å². The molecule has 0 bridgehead atoms. The molecule has 6 heteroatoms. The Hall–Kier alpha value is -2.24. The van der Waals surface area contributed by atoms with Crippen LogP contribution < -0.4 is 19.7 Å². The number of rotatable bonds is 9. The number of carbonyl (C=O) groups is 1. The van der Waals surface area contributed by atoms with Crippen molar-refractivity contribution in [2.45, 2.75) is 26.8 Å². The number of hydrogen-bond donors (Lipinski definition) is 2. The lowest BCUT2D eigenvalue weighted by Crippen LogP contribution is -3.10. The van der Waals surface area contributed by atoms with Crippen LogP contribution in [0.2, 0.25) is 5.02 Å². The van der Waals surface area contributed by atoms with Gasteiger partial charge in [-0.3, -0.25) is 4.79 Å². The van der Waals surface area contributed by atoms with Crippen molar-refractivity contribution in [1.82, 2.24) is 0 Å². The predicted molar refractivity (Wildman–Crippen MR) is 109 cm³/mol. The normalized spacial score (nSPS) is 12.9. The summed E-state index contributed by atoms with van der Waals surface area (Å²) in [6.45, 7) is 7.30. The van der Waals surface area contributed by atoms with E-state index in [1.165, 1.54) is 0 Å². The summed E-state index contributed by atoms with van der Waals surface area (Å²) in [6.07, 6.45) is 0. The first kappa shape index (κ1) is 21.1. The molecule has 2 atom stereocenters. The lowest BCUT2D eigenvalue weighted by Gasteiger charge is -2.22. The Morgan fingerprint density at radius 1 is 1.11 bits per heavy atom. The molecule has 2 N–H and O–H groups in total. The highest BCUT2D eigenvalue weighted by atomic mass is 35.5. The summed E-state index contributed by atoms with van der Waals surface area (Å²) >= 11 is 6.28. The van der Waals surface area contributed by atoms with Crippen LogP contribution in [0.25, 0.3) is 0 Å². The van der Waals surface area contributed by atoms with Crippen molar-refractivity contribution in [2.24, 2.45) is 0 Å². The first-order valence-electron chi connectivity index (χ1n) is 9.22. The Labute approximate surface area is 166 Å². The number of hydrogen-bond acceptors (Lipinski definition) is 3. The maximum absolute atomic E-state index is 12.5. The molecular formula is C21H28ClN2O3+. The van der Waals surface area contributed by atoms with Crippen molar-refractivity contribution in [3.63, 3.8) is 0 Å². The molecule has 27 heavy (non-hydrogen) atoms. The molecule has 0 spiro atoms. The lowest BCUT2D eigenvalue weighted by atomic mass is 10.1. The third-order valence-electron chi connectivity index (χ3n) is 4.38. The largest absolute Gasteiger partial charge is 0.490 e. The van der Waals surface area contributed by atoms with Crippen LogP contribution in [0.3, 0.4) is 0 Å². The summed E-state index contributed by atoms with van der Waals surface area (Å²) in [5, 5.41) is 3.65. The monoisotopic (exact) mass is 391 g/mol. The number of carbonyl (C=O) groups excluding carboxylic acids is 1. The van der Waals surface area contributed by atoms with Crippen molar-refractivity contribution in [1.29, 1.82) is 0 Å². The van der Waals surface area contributed by atoms with Gasteiger partial charge in [0.1, 0.15) is 6.04 Å². The zero-order chi connectivity index (χ0) is 19.8. The number of halogens is 1. The van der Waals surface area contributed by atoms with E-state index in [4.69, 9.17) is 21.1 Å². The Morgan fingerprint density at radius 3 is 2.44 bits per heavy atom. The highest BCUT2D eigenvalue weighted by Crippen LogP contribution is 2.30. The van der Waals surface area contributed by atoms with E-state index in [1.807, 2.05) is 57.3 Å². The van der Waals surface area contributed by atoms with E-state index in [0.717, 1.165) is 15.5 Å². The third kappa shape index (κ3) is 5.88. The van der Waals surface area contributed by atoms with Gasteiger partial charge in [-0.15, -0.1) is 0 Å². The van der Waals surface area contributed by atoms with Crippen molar-refractivity contribution >= 4 is 23.2 Å². The van der Waals surface area contributed by atoms with E-state index in [-0.39, 0.29) is 11.9 Å². The van der Waals surface area contributed by atoms with Crippen LogP contribution in [0, 0.1) is 0 Å². The minimum absolute atomic E-state index is 0.0713. The Kier molecular flexibility index (Phi) is 7.95. The molecule has 0 heterocycles. The summed E-state index contributed by atoms with van der Waals surface area (Å²) in [7, 11) is 1.98. The smallest absolute Gasteiger partial charge is 0.279 e. The molecule has 0 saturated heterocycles. The van der Waals surface area contributed by atoms with Gasteiger partial charge in [0.25, 0.3) is 5.91 Å². The number of likely N-dealkylation sites (N-methyl/N-ethyl adjacent to an activating group) is 1. The van der Waals surface area contributed by atoms with Crippen molar-refractivity contribution in [2.75, 3.05) is 32.1 Å². The van der Waals surface area contributed by atoms with E-state index in [9.17, 15) is 4.79 Å². The van der Waals surface area contributed by atoms with Crippen LogP contribution in [0.4, 0.5) is 5.69 Å². The van der Waals surface area contributed by atoms with Crippen molar-refractivity contribution in [3.8, 4) is 11.5 Å². The summed E-state index contributed by atoms with van der Waals surface area (Å²) in [5.74, 6) is 1.23. The summed E-state index contributed by atoms with van der Waals surface area (Å²) in [6, 6.07) is 13.3. The SMILES string of the molecule is CCOc1ccc(NC(=O)C[NH+](C)[C@@H](C)c2ccccc2Cl)cc1OCC. The van der Waals surface area contributed by atoms with Crippen LogP contribution in [-0.4, -0.2) is 32.7 Å². The molecule has 0 aliphatic carbocycles. The second-order valence-corrected chi connectivity index (χ2v) is 6.75. The quantitative estimate of drug-likeness (QED) is 0.689. The summed E-state index contributed by atoms with van der Waals surface area (Å²) in [4.78, 5) is 13.5. The van der Waals surface area contributed by atoms with Crippen LogP contribution in [0.5, 0.6) is 11.5 Å². The van der Waals surface area contributed by atoms with E-state index in [0.29, 0.717) is 36.9 Å². The second kappa shape index (κ2) is 10.2. The summed E-state index contributed by atoms with van der Waals surface area (Å²) < 4.78 is 11.2. The number of nitrogens with one attached hydrogen (secondary N) is 2. The second-order valence-electron chi connectivity index (χ2n) is 6.34.